The van der Waals surface area contributed by atoms with Gasteiger partial charge in [-0.25, -0.2) is 0 Å². The van der Waals surface area contributed by atoms with Crippen molar-refractivity contribution in [1.29, 1.82) is 0 Å². The lowest BCUT2D eigenvalue weighted by atomic mass is 10.1. The summed E-state index contributed by atoms with van der Waals surface area (Å²) in [5.41, 5.74) is 0.582. The Balaban J connectivity index is 2.28. The summed E-state index contributed by atoms with van der Waals surface area (Å²) in [5.74, 6) is 0.375. The van der Waals surface area contributed by atoms with Crippen molar-refractivity contribution in [2.45, 2.75) is 39.3 Å². The zero-order chi connectivity index (χ0) is 22.8. The molecule has 0 fully saturated rings. The Morgan fingerprint density at radius 1 is 1.03 bits per heavy atom. The van der Waals surface area contributed by atoms with Crippen LogP contribution in [0.3, 0.4) is 0 Å². The summed E-state index contributed by atoms with van der Waals surface area (Å²) in [5, 5.41) is 3.73. The molecule has 31 heavy (non-hydrogen) atoms. The van der Waals surface area contributed by atoms with E-state index in [1.165, 1.54) is 12.0 Å². The highest BCUT2D eigenvalue weighted by molar-refractivity contribution is 6.36. The zero-order valence-electron chi connectivity index (χ0n) is 18.0. The average Bonchev–Trinajstić information content (AvgIpc) is 2.77. The zero-order valence-corrected chi connectivity index (χ0v) is 19.5. The Morgan fingerprint density at radius 3 is 2.26 bits per heavy atom. The molecular weight excluding hydrogens is 439 g/mol. The van der Waals surface area contributed by atoms with Crippen LogP contribution in [0.25, 0.3) is 0 Å². The average molecular weight is 467 g/mol. The highest BCUT2D eigenvalue weighted by Crippen LogP contribution is 2.28. The highest BCUT2D eigenvalue weighted by atomic mass is 35.5. The molecule has 6 nitrogen and oxygen atoms in total. The molecule has 0 aliphatic heterocycles. The van der Waals surface area contributed by atoms with Gasteiger partial charge in [-0.1, -0.05) is 55.2 Å². The van der Waals surface area contributed by atoms with Crippen LogP contribution >= 0.6 is 23.2 Å². The molecule has 2 rings (SSSR count). The van der Waals surface area contributed by atoms with Crippen molar-refractivity contribution < 1.29 is 19.1 Å². The standard InChI is InChI=1S/C23H28Cl2N2O4/c1-4-13-26-23(29)19(5-2)27(14-16-17(24)9-8-10-18(16)25)22(28)15-31-21-12-7-6-11-20(21)30-3/h6-12,19H,4-5,13-15H2,1-3H3,(H,26,29)/t19-/m0/s1. The van der Waals surface area contributed by atoms with Crippen molar-refractivity contribution in [1.82, 2.24) is 10.2 Å². The van der Waals surface area contributed by atoms with E-state index in [1.54, 1.807) is 36.4 Å². The molecule has 0 aromatic heterocycles. The number of rotatable bonds is 11. The van der Waals surface area contributed by atoms with E-state index in [9.17, 15) is 9.59 Å². The van der Waals surface area contributed by atoms with Crippen LogP contribution in [0.5, 0.6) is 11.5 Å². The molecule has 0 saturated carbocycles. The predicted octanol–water partition coefficient (Wildman–Crippen LogP) is 4.71. The van der Waals surface area contributed by atoms with Gasteiger partial charge >= 0.3 is 0 Å². The molecular formula is C23H28Cl2N2O4. The molecule has 8 heteroatoms. The predicted molar refractivity (Wildman–Crippen MR) is 123 cm³/mol. The van der Waals surface area contributed by atoms with Gasteiger partial charge < -0.3 is 19.7 Å². The van der Waals surface area contributed by atoms with Crippen LogP contribution in [0.1, 0.15) is 32.3 Å². The lowest BCUT2D eigenvalue weighted by molar-refractivity contribution is -0.143. The number of amides is 2. The fourth-order valence-corrected chi connectivity index (χ4v) is 3.62. The van der Waals surface area contributed by atoms with Crippen molar-refractivity contribution in [3.8, 4) is 11.5 Å². The topological polar surface area (TPSA) is 67.9 Å². The van der Waals surface area contributed by atoms with Gasteiger partial charge in [-0.3, -0.25) is 9.59 Å². The number of carbonyl (C=O) groups is 2. The van der Waals surface area contributed by atoms with Crippen LogP contribution in [0.2, 0.25) is 10.0 Å². The van der Waals surface area contributed by atoms with E-state index >= 15 is 0 Å². The molecule has 0 heterocycles. The summed E-state index contributed by atoms with van der Waals surface area (Å²) in [7, 11) is 1.53. The van der Waals surface area contributed by atoms with Gasteiger partial charge in [-0.15, -0.1) is 0 Å². The Labute approximate surface area is 193 Å². The number of nitrogens with zero attached hydrogens (tertiary/aromatic N) is 1. The minimum Gasteiger partial charge on any atom is -0.493 e. The van der Waals surface area contributed by atoms with E-state index in [2.05, 4.69) is 5.32 Å². The number of hydrogen-bond donors (Lipinski definition) is 1. The Kier molecular flexibility index (Phi) is 9.95. The minimum atomic E-state index is -0.687. The fraction of sp³-hybridized carbons (Fsp3) is 0.391. The van der Waals surface area contributed by atoms with Crippen LogP contribution < -0.4 is 14.8 Å². The summed E-state index contributed by atoms with van der Waals surface area (Å²) < 4.78 is 11.0. The number of carbonyl (C=O) groups excluding carboxylic acids is 2. The Bertz CT molecular complexity index is 871. The maximum Gasteiger partial charge on any atom is 0.261 e. The molecule has 0 aliphatic carbocycles. The Hall–Kier alpha value is -2.44. The van der Waals surface area contributed by atoms with Crippen LogP contribution in [0.4, 0.5) is 0 Å². The highest BCUT2D eigenvalue weighted by Gasteiger charge is 2.30. The second-order valence-electron chi connectivity index (χ2n) is 6.88. The molecule has 0 spiro atoms. The smallest absolute Gasteiger partial charge is 0.261 e. The second-order valence-corrected chi connectivity index (χ2v) is 7.69. The van der Waals surface area contributed by atoms with Gasteiger partial charge in [0, 0.05) is 28.7 Å². The van der Waals surface area contributed by atoms with E-state index in [4.69, 9.17) is 32.7 Å². The van der Waals surface area contributed by atoms with Crippen LogP contribution in [-0.2, 0) is 16.1 Å². The first-order valence-corrected chi connectivity index (χ1v) is 10.9. The summed E-state index contributed by atoms with van der Waals surface area (Å²) in [6, 6.07) is 11.5. The maximum absolute atomic E-state index is 13.2. The van der Waals surface area contributed by atoms with E-state index in [0.717, 1.165) is 6.42 Å². The summed E-state index contributed by atoms with van der Waals surface area (Å²) in [6.45, 7) is 4.17. The molecule has 0 unspecified atom stereocenters. The number of benzene rings is 2. The lowest BCUT2D eigenvalue weighted by Gasteiger charge is -2.31. The van der Waals surface area contributed by atoms with E-state index in [0.29, 0.717) is 40.1 Å². The molecule has 1 N–H and O–H groups in total. The first kappa shape index (κ1) is 24.8. The van der Waals surface area contributed by atoms with Crippen molar-refractivity contribution in [3.05, 3.63) is 58.1 Å². The SMILES string of the molecule is CCCNC(=O)[C@H](CC)N(Cc1c(Cl)cccc1Cl)C(=O)COc1ccccc1OC. The number of hydrogen-bond acceptors (Lipinski definition) is 4. The minimum absolute atomic E-state index is 0.0880. The van der Waals surface area contributed by atoms with Gasteiger partial charge in [0.1, 0.15) is 6.04 Å². The lowest BCUT2D eigenvalue weighted by Crippen LogP contribution is -2.50. The van der Waals surface area contributed by atoms with E-state index in [1.807, 2.05) is 19.9 Å². The second kappa shape index (κ2) is 12.4. The normalized spacial score (nSPS) is 11.5. The molecule has 168 valence electrons. The fourth-order valence-electron chi connectivity index (χ4n) is 3.10. The van der Waals surface area contributed by atoms with Crippen LogP contribution in [0, 0.1) is 0 Å². The molecule has 2 amide bonds. The molecule has 2 aromatic carbocycles. The van der Waals surface area contributed by atoms with Crippen molar-refractivity contribution in [2.75, 3.05) is 20.3 Å². The molecule has 0 bridgehead atoms. The number of halogens is 2. The molecule has 1 atom stereocenters. The number of nitrogens with one attached hydrogen (secondary N) is 1. The first-order chi connectivity index (χ1) is 14.9. The summed E-state index contributed by atoms with van der Waals surface area (Å²) in [6.07, 6.45) is 1.22. The number of para-hydroxylation sites is 2. The summed E-state index contributed by atoms with van der Waals surface area (Å²) >= 11 is 12.7. The van der Waals surface area contributed by atoms with Crippen molar-refractivity contribution >= 4 is 35.0 Å². The molecule has 2 aromatic rings. The monoisotopic (exact) mass is 466 g/mol. The van der Waals surface area contributed by atoms with Gasteiger partial charge in [-0.2, -0.15) is 0 Å². The quantitative estimate of drug-likeness (QED) is 0.520. The van der Waals surface area contributed by atoms with Crippen LogP contribution in [-0.4, -0.2) is 43.0 Å². The van der Waals surface area contributed by atoms with Gasteiger partial charge in [0.25, 0.3) is 5.91 Å². The third kappa shape index (κ3) is 6.77. The number of ether oxygens (including phenoxy) is 2. The Morgan fingerprint density at radius 2 is 1.68 bits per heavy atom. The van der Waals surface area contributed by atoms with Crippen molar-refractivity contribution in [3.63, 3.8) is 0 Å². The molecule has 0 radical (unpaired) electrons. The largest absolute Gasteiger partial charge is 0.493 e. The van der Waals surface area contributed by atoms with Crippen molar-refractivity contribution in [2.24, 2.45) is 0 Å². The van der Waals surface area contributed by atoms with E-state index < -0.39 is 6.04 Å². The first-order valence-electron chi connectivity index (χ1n) is 10.2. The van der Waals surface area contributed by atoms with Gasteiger partial charge in [0.15, 0.2) is 18.1 Å². The maximum atomic E-state index is 13.2. The van der Waals surface area contributed by atoms with Crippen LogP contribution in [0.15, 0.2) is 42.5 Å². The number of methoxy groups -OCH3 is 1. The van der Waals surface area contributed by atoms with Gasteiger partial charge in [0.05, 0.1) is 7.11 Å². The third-order valence-corrected chi connectivity index (χ3v) is 5.45. The van der Waals surface area contributed by atoms with Gasteiger partial charge in [-0.05, 0) is 37.1 Å². The van der Waals surface area contributed by atoms with E-state index in [-0.39, 0.29) is 25.0 Å². The summed E-state index contributed by atoms with van der Waals surface area (Å²) in [4.78, 5) is 27.5. The molecule has 0 aliphatic rings. The third-order valence-electron chi connectivity index (χ3n) is 4.75. The van der Waals surface area contributed by atoms with Gasteiger partial charge in [0.2, 0.25) is 5.91 Å². The molecule has 0 saturated heterocycles.